The first kappa shape index (κ1) is 16.1. The van der Waals surface area contributed by atoms with Gasteiger partial charge in [-0.25, -0.2) is 0 Å². The molecule has 0 aliphatic heterocycles. The number of aryl methyl sites for hydroxylation is 2. The quantitative estimate of drug-likeness (QED) is 0.873. The zero-order valence-electron chi connectivity index (χ0n) is 13.3. The van der Waals surface area contributed by atoms with Crippen molar-refractivity contribution in [2.24, 2.45) is 0 Å². The highest BCUT2D eigenvalue weighted by Crippen LogP contribution is 2.26. The van der Waals surface area contributed by atoms with Crippen LogP contribution in [0.5, 0.6) is 5.75 Å². The molecule has 0 aliphatic carbocycles. The van der Waals surface area contributed by atoms with E-state index < -0.39 is 11.9 Å². The van der Waals surface area contributed by atoms with Crippen molar-refractivity contribution in [3.05, 3.63) is 64.7 Å². The maximum Gasteiger partial charge on any atom is 0.311 e. The monoisotopic (exact) mass is 298 g/mol. The molecule has 0 saturated carbocycles. The van der Waals surface area contributed by atoms with E-state index in [1.54, 1.807) is 0 Å². The number of carboxylic acids is 1. The summed E-state index contributed by atoms with van der Waals surface area (Å²) in [4.78, 5) is 11.7. The van der Waals surface area contributed by atoms with Crippen molar-refractivity contribution in [1.82, 2.24) is 0 Å². The molecule has 0 fully saturated rings. The van der Waals surface area contributed by atoms with Gasteiger partial charge in [0.15, 0.2) is 0 Å². The van der Waals surface area contributed by atoms with E-state index in [1.807, 2.05) is 63.2 Å². The second-order valence-electron chi connectivity index (χ2n) is 5.54. The summed E-state index contributed by atoms with van der Waals surface area (Å²) in [5, 5.41) is 9.62. The first-order valence-corrected chi connectivity index (χ1v) is 7.53. The topological polar surface area (TPSA) is 46.5 Å². The zero-order valence-corrected chi connectivity index (χ0v) is 13.3. The Labute approximate surface area is 131 Å². The van der Waals surface area contributed by atoms with Crippen molar-refractivity contribution < 1.29 is 14.6 Å². The van der Waals surface area contributed by atoms with Gasteiger partial charge in [0.2, 0.25) is 0 Å². The molecule has 1 atom stereocenters. The number of benzene rings is 2. The van der Waals surface area contributed by atoms with Gasteiger partial charge in [0.1, 0.15) is 5.75 Å². The van der Waals surface area contributed by atoms with Crippen LogP contribution in [0.2, 0.25) is 0 Å². The van der Waals surface area contributed by atoms with Crippen LogP contribution >= 0.6 is 0 Å². The molecule has 3 heteroatoms. The highest BCUT2D eigenvalue weighted by Gasteiger charge is 2.22. The Balaban J connectivity index is 2.29. The fraction of sp³-hybridized carbons (Fsp3) is 0.316. The van der Waals surface area contributed by atoms with E-state index in [0.717, 1.165) is 28.0 Å². The number of carboxylic acid groups (broad SMARTS) is 1. The Hall–Kier alpha value is -2.29. The maximum atomic E-state index is 11.7. The van der Waals surface area contributed by atoms with E-state index in [4.69, 9.17) is 4.74 Å². The van der Waals surface area contributed by atoms with Gasteiger partial charge in [0, 0.05) is 0 Å². The molecular formula is C19H22O3. The summed E-state index contributed by atoms with van der Waals surface area (Å²) in [6, 6.07) is 13.6. The molecule has 0 heterocycles. The summed E-state index contributed by atoms with van der Waals surface area (Å²) in [6.45, 7) is 6.51. The van der Waals surface area contributed by atoms with Crippen LogP contribution in [0.3, 0.4) is 0 Å². The molecule has 3 nitrogen and oxygen atoms in total. The third-order valence-electron chi connectivity index (χ3n) is 3.75. The SMILES string of the molecule is CCOc1cccc(CC(C(=O)O)c2ccc(C)cc2C)c1. The van der Waals surface area contributed by atoms with Gasteiger partial charge in [0.05, 0.1) is 12.5 Å². The highest BCUT2D eigenvalue weighted by atomic mass is 16.5. The fourth-order valence-electron chi connectivity index (χ4n) is 2.71. The smallest absolute Gasteiger partial charge is 0.311 e. The standard InChI is InChI=1S/C19H22O3/c1-4-22-16-7-5-6-15(11-16)12-18(19(20)21)17-9-8-13(2)10-14(17)3/h5-11,18H,4,12H2,1-3H3,(H,20,21). The number of rotatable bonds is 6. The van der Waals surface area contributed by atoms with Crippen LogP contribution < -0.4 is 4.74 Å². The molecule has 2 aromatic carbocycles. The predicted octanol–water partition coefficient (Wildman–Crippen LogP) is 4.11. The number of hydrogen-bond acceptors (Lipinski definition) is 2. The first-order chi connectivity index (χ1) is 10.5. The van der Waals surface area contributed by atoms with E-state index in [9.17, 15) is 9.90 Å². The van der Waals surface area contributed by atoms with Gasteiger partial charge >= 0.3 is 5.97 Å². The van der Waals surface area contributed by atoms with Gasteiger partial charge in [0.25, 0.3) is 0 Å². The van der Waals surface area contributed by atoms with E-state index in [-0.39, 0.29) is 0 Å². The van der Waals surface area contributed by atoms with Gasteiger partial charge in [-0.05, 0) is 56.0 Å². The molecule has 116 valence electrons. The molecule has 0 saturated heterocycles. The lowest BCUT2D eigenvalue weighted by Gasteiger charge is -2.16. The van der Waals surface area contributed by atoms with E-state index in [0.29, 0.717) is 13.0 Å². The number of ether oxygens (including phenoxy) is 1. The summed E-state index contributed by atoms with van der Waals surface area (Å²) in [5.41, 5.74) is 4.01. The first-order valence-electron chi connectivity index (χ1n) is 7.53. The molecule has 1 N–H and O–H groups in total. The van der Waals surface area contributed by atoms with Crippen LogP contribution in [0.15, 0.2) is 42.5 Å². The van der Waals surface area contributed by atoms with Gasteiger partial charge in [-0.2, -0.15) is 0 Å². The molecule has 2 rings (SSSR count). The number of aliphatic carboxylic acids is 1. The van der Waals surface area contributed by atoms with Crippen molar-refractivity contribution >= 4 is 5.97 Å². The van der Waals surface area contributed by atoms with Crippen molar-refractivity contribution in [3.63, 3.8) is 0 Å². The number of hydrogen-bond donors (Lipinski definition) is 1. The maximum absolute atomic E-state index is 11.7. The Morgan fingerprint density at radius 3 is 2.59 bits per heavy atom. The summed E-state index contributed by atoms with van der Waals surface area (Å²) < 4.78 is 5.49. The molecule has 0 aromatic heterocycles. The minimum Gasteiger partial charge on any atom is -0.494 e. The Morgan fingerprint density at radius 1 is 1.18 bits per heavy atom. The predicted molar refractivity (Wildman–Crippen MR) is 87.6 cm³/mol. The second-order valence-corrected chi connectivity index (χ2v) is 5.54. The van der Waals surface area contributed by atoms with Gasteiger partial charge in [-0.1, -0.05) is 35.9 Å². The largest absolute Gasteiger partial charge is 0.494 e. The van der Waals surface area contributed by atoms with Crippen LogP contribution in [-0.4, -0.2) is 17.7 Å². The molecule has 0 aliphatic rings. The molecule has 0 radical (unpaired) electrons. The highest BCUT2D eigenvalue weighted by molar-refractivity contribution is 5.77. The fourth-order valence-corrected chi connectivity index (χ4v) is 2.71. The molecule has 0 bridgehead atoms. The Bertz CT molecular complexity index is 661. The third-order valence-corrected chi connectivity index (χ3v) is 3.75. The summed E-state index contributed by atoms with van der Waals surface area (Å²) >= 11 is 0. The minimum absolute atomic E-state index is 0.458. The summed E-state index contributed by atoms with van der Waals surface area (Å²) in [5.74, 6) is -0.559. The van der Waals surface area contributed by atoms with Crippen LogP contribution in [0.4, 0.5) is 0 Å². The van der Waals surface area contributed by atoms with E-state index >= 15 is 0 Å². The van der Waals surface area contributed by atoms with Gasteiger partial charge in [-0.3, -0.25) is 4.79 Å². The summed E-state index contributed by atoms with van der Waals surface area (Å²) in [6.07, 6.45) is 0.458. The second kappa shape index (κ2) is 7.12. The Morgan fingerprint density at radius 2 is 1.95 bits per heavy atom. The van der Waals surface area contributed by atoms with Gasteiger partial charge < -0.3 is 9.84 Å². The van der Waals surface area contributed by atoms with Crippen LogP contribution in [0.1, 0.15) is 35.1 Å². The van der Waals surface area contributed by atoms with E-state index in [1.165, 1.54) is 0 Å². The molecular weight excluding hydrogens is 276 g/mol. The zero-order chi connectivity index (χ0) is 16.1. The van der Waals surface area contributed by atoms with E-state index in [2.05, 4.69) is 0 Å². The Kier molecular flexibility index (Phi) is 5.21. The lowest BCUT2D eigenvalue weighted by molar-refractivity contribution is -0.138. The molecule has 2 aromatic rings. The minimum atomic E-state index is -0.797. The lowest BCUT2D eigenvalue weighted by atomic mass is 9.88. The molecule has 22 heavy (non-hydrogen) atoms. The van der Waals surface area contributed by atoms with Crippen LogP contribution in [-0.2, 0) is 11.2 Å². The van der Waals surface area contributed by atoms with Crippen molar-refractivity contribution in [1.29, 1.82) is 0 Å². The van der Waals surface area contributed by atoms with Gasteiger partial charge in [-0.15, -0.1) is 0 Å². The third kappa shape index (κ3) is 3.88. The number of carbonyl (C=O) groups is 1. The van der Waals surface area contributed by atoms with Crippen LogP contribution in [0, 0.1) is 13.8 Å². The molecule has 0 amide bonds. The normalized spacial score (nSPS) is 12.0. The summed E-state index contributed by atoms with van der Waals surface area (Å²) in [7, 11) is 0. The van der Waals surface area contributed by atoms with Crippen LogP contribution in [0.25, 0.3) is 0 Å². The molecule has 1 unspecified atom stereocenters. The molecule has 0 spiro atoms. The average Bonchev–Trinajstić information content (AvgIpc) is 2.46. The average molecular weight is 298 g/mol. The van der Waals surface area contributed by atoms with Crippen molar-refractivity contribution in [3.8, 4) is 5.75 Å². The van der Waals surface area contributed by atoms with Crippen molar-refractivity contribution in [2.75, 3.05) is 6.61 Å². The van der Waals surface area contributed by atoms with Crippen molar-refractivity contribution in [2.45, 2.75) is 33.1 Å². The lowest BCUT2D eigenvalue weighted by Crippen LogP contribution is -2.15.